The topological polar surface area (TPSA) is 43.4 Å². The molecule has 0 aromatic carbocycles. The number of carbonyl (C=O) groups is 2. The van der Waals surface area contributed by atoms with Crippen molar-refractivity contribution in [2.45, 2.75) is 52.6 Å². The van der Waals surface area contributed by atoms with Crippen molar-refractivity contribution in [3.05, 3.63) is 36.0 Å². The molecule has 1 fully saturated rings. The standard InChI is InChI=1S/C20H26O3/c1-5-20(4)10-8-15(21)14(11-20)18-17(22)16-13(12-23-18)7-6-9-19(16,2)3/h5,7,11,16,18H,1,6,8-10,12H2,2-4H3. The third-order valence-electron chi connectivity index (χ3n) is 5.75. The van der Waals surface area contributed by atoms with Crippen LogP contribution in [0, 0.1) is 16.7 Å². The molecule has 23 heavy (non-hydrogen) atoms. The van der Waals surface area contributed by atoms with E-state index in [1.165, 1.54) is 0 Å². The predicted molar refractivity (Wildman–Crippen MR) is 90.0 cm³/mol. The van der Waals surface area contributed by atoms with Gasteiger partial charge in [0, 0.05) is 23.3 Å². The minimum Gasteiger partial charge on any atom is -0.361 e. The molecule has 0 bridgehead atoms. The first-order valence-corrected chi connectivity index (χ1v) is 8.51. The summed E-state index contributed by atoms with van der Waals surface area (Å²) in [4.78, 5) is 25.5. The number of Topliss-reactive ketones (excluding diaryl/α,β-unsaturated/α-hetero) is 2. The molecule has 3 nitrogen and oxygen atoms in total. The van der Waals surface area contributed by atoms with E-state index in [-0.39, 0.29) is 28.3 Å². The number of allylic oxidation sites excluding steroid dienone is 3. The molecule has 0 radical (unpaired) electrons. The highest BCUT2D eigenvalue weighted by Gasteiger charge is 2.48. The molecule has 1 saturated heterocycles. The maximum Gasteiger partial charge on any atom is 0.173 e. The van der Waals surface area contributed by atoms with Gasteiger partial charge in [0.05, 0.1) is 6.61 Å². The average Bonchev–Trinajstić information content (AvgIpc) is 2.50. The Morgan fingerprint density at radius 3 is 2.70 bits per heavy atom. The fraction of sp³-hybridized carbons (Fsp3) is 0.600. The van der Waals surface area contributed by atoms with Gasteiger partial charge in [-0.25, -0.2) is 0 Å². The summed E-state index contributed by atoms with van der Waals surface area (Å²) in [5.74, 6) is -0.0237. The van der Waals surface area contributed by atoms with Crippen molar-refractivity contribution in [3.63, 3.8) is 0 Å². The molecule has 0 amide bonds. The zero-order valence-electron chi connectivity index (χ0n) is 14.4. The molecule has 1 aliphatic heterocycles. The second-order valence-electron chi connectivity index (χ2n) is 8.07. The highest BCUT2D eigenvalue weighted by atomic mass is 16.5. The van der Waals surface area contributed by atoms with E-state index >= 15 is 0 Å². The fourth-order valence-electron chi connectivity index (χ4n) is 4.18. The summed E-state index contributed by atoms with van der Waals surface area (Å²) in [6.07, 6.45) is 8.42. The largest absolute Gasteiger partial charge is 0.361 e. The molecular weight excluding hydrogens is 288 g/mol. The van der Waals surface area contributed by atoms with E-state index in [2.05, 4.69) is 33.4 Å². The van der Waals surface area contributed by atoms with E-state index in [4.69, 9.17) is 4.74 Å². The van der Waals surface area contributed by atoms with Crippen LogP contribution in [0.25, 0.3) is 0 Å². The quantitative estimate of drug-likeness (QED) is 0.728. The number of hydrogen-bond donors (Lipinski definition) is 0. The van der Waals surface area contributed by atoms with Crippen LogP contribution in [0.2, 0.25) is 0 Å². The summed E-state index contributed by atoms with van der Waals surface area (Å²) in [5.41, 5.74) is 1.34. The molecule has 0 saturated carbocycles. The molecule has 1 heterocycles. The minimum atomic E-state index is -0.707. The molecule has 0 spiro atoms. The van der Waals surface area contributed by atoms with Crippen LogP contribution >= 0.6 is 0 Å². The van der Waals surface area contributed by atoms with Gasteiger partial charge >= 0.3 is 0 Å². The van der Waals surface area contributed by atoms with E-state index < -0.39 is 6.10 Å². The minimum absolute atomic E-state index is 0.0451. The number of ketones is 2. The van der Waals surface area contributed by atoms with Crippen molar-refractivity contribution < 1.29 is 14.3 Å². The summed E-state index contributed by atoms with van der Waals surface area (Å²) in [5, 5.41) is 0. The molecule has 0 N–H and O–H groups in total. The zero-order valence-corrected chi connectivity index (χ0v) is 14.4. The Labute approximate surface area is 138 Å². The second-order valence-corrected chi connectivity index (χ2v) is 8.07. The Morgan fingerprint density at radius 1 is 1.26 bits per heavy atom. The van der Waals surface area contributed by atoms with E-state index in [0.717, 1.165) is 24.8 Å². The lowest BCUT2D eigenvalue weighted by Crippen LogP contribution is -2.48. The third-order valence-corrected chi connectivity index (χ3v) is 5.75. The van der Waals surface area contributed by atoms with Crippen LogP contribution in [-0.2, 0) is 14.3 Å². The Hall–Kier alpha value is -1.48. The first-order chi connectivity index (χ1) is 10.8. The molecule has 0 aromatic heterocycles. The van der Waals surface area contributed by atoms with Crippen molar-refractivity contribution in [1.29, 1.82) is 0 Å². The third kappa shape index (κ3) is 2.76. The maximum absolute atomic E-state index is 13.1. The number of rotatable bonds is 2. The van der Waals surface area contributed by atoms with Gasteiger partial charge in [0.1, 0.15) is 6.10 Å². The normalized spacial score (nSPS) is 36.8. The van der Waals surface area contributed by atoms with Gasteiger partial charge in [-0.2, -0.15) is 0 Å². The molecule has 0 aromatic rings. The van der Waals surface area contributed by atoms with Crippen molar-refractivity contribution in [1.82, 2.24) is 0 Å². The van der Waals surface area contributed by atoms with Crippen molar-refractivity contribution in [2.75, 3.05) is 6.61 Å². The Balaban J connectivity index is 1.97. The lowest BCUT2D eigenvalue weighted by molar-refractivity contribution is -0.141. The summed E-state index contributed by atoms with van der Waals surface area (Å²) < 4.78 is 5.86. The van der Waals surface area contributed by atoms with E-state index in [1.807, 2.05) is 12.2 Å². The molecule has 3 unspecified atom stereocenters. The van der Waals surface area contributed by atoms with Crippen LogP contribution in [0.3, 0.4) is 0 Å². The summed E-state index contributed by atoms with van der Waals surface area (Å²) in [6.45, 7) is 10.7. The molecule has 3 rings (SSSR count). The first kappa shape index (κ1) is 16.4. The number of fused-ring (bicyclic) bond motifs is 1. The smallest absolute Gasteiger partial charge is 0.173 e. The van der Waals surface area contributed by atoms with Crippen molar-refractivity contribution in [3.8, 4) is 0 Å². The zero-order chi connectivity index (χ0) is 16.8. The van der Waals surface area contributed by atoms with Crippen molar-refractivity contribution in [2.24, 2.45) is 16.7 Å². The summed E-state index contributed by atoms with van der Waals surface area (Å²) in [7, 11) is 0. The predicted octanol–water partition coefficient (Wildman–Crippen LogP) is 3.80. The Kier molecular flexibility index (Phi) is 3.96. The number of hydrogen-bond acceptors (Lipinski definition) is 3. The van der Waals surface area contributed by atoms with Crippen LogP contribution in [-0.4, -0.2) is 24.3 Å². The van der Waals surface area contributed by atoms with Crippen LogP contribution in [0.1, 0.15) is 46.5 Å². The SMILES string of the molecule is C=CC1(C)C=C(C2OCC3=CCCC(C)(C)C3C2=O)C(=O)CC1. The number of ether oxygens (including phenoxy) is 1. The summed E-state index contributed by atoms with van der Waals surface area (Å²) >= 11 is 0. The van der Waals surface area contributed by atoms with Crippen molar-refractivity contribution >= 4 is 11.6 Å². The molecule has 3 aliphatic rings. The van der Waals surface area contributed by atoms with Gasteiger partial charge in [0.2, 0.25) is 0 Å². The van der Waals surface area contributed by atoms with Gasteiger partial charge in [-0.05, 0) is 30.3 Å². The highest BCUT2D eigenvalue weighted by molar-refractivity contribution is 6.05. The first-order valence-electron chi connectivity index (χ1n) is 8.51. The molecule has 3 atom stereocenters. The van der Waals surface area contributed by atoms with Gasteiger partial charge in [0.15, 0.2) is 11.6 Å². The average molecular weight is 314 g/mol. The highest BCUT2D eigenvalue weighted by Crippen LogP contribution is 2.46. The maximum atomic E-state index is 13.1. The Bertz CT molecular complexity index is 623. The monoisotopic (exact) mass is 314 g/mol. The van der Waals surface area contributed by atoms with Gasteiger partial charge in [-0.3, -0.25) is 9.59 Å². The Morgan fingerprint density at radius 2 is 2.00 bits per heavy atom. The van der Waals surface area contributed by atoms with Crippen LogP contribution in [0.15, 0.2) is 36.0 Å². The van der Waals surface area contributed by atoms with E-state index in [1.54, 1.807) is 0 Å². The lowest BCUT2D eigenvalue weighted by Gasteiger charge is -2.44. The van der Waals surface area contributed by atoms with Crippen LogP contribution < -0.4 is 0 Å². The molecular formula is C20H26O3. The lowest BCUT2D eigenvalue weighted by atomic mass is 9.64. The van der Waals surface area contributed by atoms with Gasteiger partial charge < -0.3 is 4.74 Å². The van der Waals surface area contributed by atoms with Gasteiger partial charge in [-0.15, -0.1) is 6.58 Å². The fourth-order valence-corrected chi connectivity index (χ4v) is 4.18. The second kappa shape index (κ2) is 5.55. The summed E-state index contributed by atoms with van der Waals surface area (Å²) in [6, 6.07) is 0. The number of carbonyl (C=O) groups excluding carboxylic acids is 2. The van der Waals surface area contributed by atoms with E-state index in [0.29, 0.717) is 18.6 Å². The van der Waals surface area contributed by atoms with E-state index in [9.17, 15) is 9.59 Å². The van der Waals surface area contributed by atoms with Gasteiger partial charge in [-0.1, -0.05) is 39.0 Å². The molecule has 2 aliphatic carbocycles. The molecule has 3 heteroatoms. The molecule has 124 valence electrons. The van der Waals surface area contributed by atoms with Crippen LogP contribution in [0.4, 0.5) is 0 Å². The van der Waals surface area contributed by atoms with Gasteiger partial charge in [0.25, 0.3) is 0 Å². The van der Waals surface area contributed by atoms with Crippen LogP contribution in [0.5, 0.6) is 0 Å².